The Morgan fingerprint density at radius 2 is 1.68 bits per heavy atom. The fraction of sp³-hybridized carbons (Fsp3) is 0.458. The van der Waals surface area contributed by atoms with E-state index in [-0.39, 0.29) is 19.1 Å². The lowest BCUT2D eigenvalue weighted by Crippen LogP contribution is -2.50. The zero-order chi connectivity index (χ0) is 23.1. The normalized spacial score (nSPS) is 17.5. The van der Waals surface area contributed by atoms with Crippen molar-refractivity contribution in [3.8, 4) is 11.5 Å². The van der Waals surface area contributed by atoms with E-state index in [1.807, 2.05) is 49.1 Å². The first-order valence-electron chi connectivity index (χ1n) is 11.1. The van der Waals surface area contributed by atoms with Crippen LogP contribution in [0.25, 0.3) is 0 Å². The van der Waals surface area contributed by atoms with Crippen molar-refractivity contribution in [1.29, 1.82) is 0 Å². The van der Waals surface area contributed by atoms with Crippen LogP contribution in [0.2, 0.25) is 0 Å². The van der Waals surface area contributed by atoms with Gasteiger partial charge in [-0.25, -0.2) is 0 Å². The summed E-state index contributed by atoms with van der Waals surface area (Å²) < 4.78 is 19.1. The molecule has 1 heterocycles. The van der Waals surface area contributed by atoms with Crippen LogP contribution in [0, 0.1) is 13.8 Å². The first-order valence-corrected chi connectivity index (χ1v) is 10.6. The number of nitrogens with one attached hydrogen (secondary N) is 1. The molecule has 0 radical (unpaired) electrons. The highest BCUT2D eigenvalue weighted by atomic mass is 16.5. The number of carbonyl (C=O) groups excluding carboxylic acids is 1. The number of para-hydroxylation sites is 3. The molecule has 7 heteroatoms. The number of amides is 1. The third-order valence-electron chi connectivity index (χ3n) is 5.45. The molecule has 1 fully saturated rings. The van der Waals surface area contributed by atoms with E-state index in [0.717, 1.165) is 16.8 Å². The number of carbonyl (C=O) groups is 1. The number of β-amino-alcohol motifs (C(OH)–C–C–N with tert-alkyl or cyclic N) is 1. The predicted octanol–water partition coefficient (Wildman–Crippen LogP) is 2.31. The second kappa shape index (κ2) is 11.1. The molecule has 2 N–H and O–H groups in total. The van der Waals surface area contributed by atoms with E-state index in [1.54, 1.807) is 19.2 Å². The molecule has 1 aliphatic rings. The lowest BCUT2D eigenvalue weighted by atomic mass is 10.1. The molecule has 1 unspecified atom stereocenters. The Bertz CT molecular complexity index is 894. The molecule has 1 saturated heterocycles. The van der Waals surface area contributed by atoms with Crippen LogP contribution in [0.1, 0.15) is 12.5 Å². The number of hydrogen-bond donors (Lipinski definition) is 2. The van der Waals surface area contributed by atoms with Gasteiger partial charge in [-0.15, -0.1) is 0 Å². The molecule has 0 aromatic heterocycles. The van der Waals surface area contributed by atoms with Crippen LogP contribution >= 0.6 is 0 Å². The minimum atomic E-state index is -1.75. The molecule has 0 bridgehead atoms. The summed E-state index contributed by atoms with van der Waals surface area (Å²) in [7, 11) is 1.55. The molecule has 0 aliphatic carbocycles. The first-order chi connectivity index (χ1) is 15.3. The van der Waals surface area contributed by atoms with E-state index in [9.17, 15) is 9.90 Å². The zero-order valence-electron chi connectivity index (χ0n) is 19.6. The summed E-state index contributed by atoms with van der Waals surface area (Å²) in [5, 5.41) is 13.5. The minimum Gasteiger partial charge on any atom is -0.493 e. The van der Waals surface area contributed by atoms with Gasteiger partial charge in [-0.05, 0) is 37.1 Å². The van der Waals surface area contributed by atoms with Crippen molar-refractivity contribution in [2.24, 2.45) is 0 Å². The first kappa shape index (κ1) is 21.6. The maximum absolute atomic E-state index is 12.5. The van der Waals surface area contributed by atoms with Crippen molar-refractivity contribution < 1.29 is 20.7 Å². The largest absolute Gasteiger partial charge is 0.493 e. The summed E-state index contributed by atoms with van der Waals surface area (Å²) in [6.45, 7) is 7.05. The number of piperazine rings is 1. The molecule has 3 rings (SSSR count). The highest BCUT2D eigenvalue weighted by Crippen LogP contribution is 2.25. The number of rotatable bonds is 9. The number of anilines is 1. The van der Waals surface area contributed by atoms with Crippen molar-refractivity contribution in [2.75, 3.05) is 58.3 Å². The summed E-state index contributed by atoms with van der Waals surface area (Å²) in [6, 6.07) is 13.1. The molecular formula is C24H33N3O4. The molecular weight excluding hydrogens is 394 g/mol. The fourth-order valence-electron chi connectivity index (χ4n) is 3.70. The van der Waals surface area contributed by atoms with Gasteiger partial charge < -0.3 is 19.9 Å². The van der Waals surface area contributed by atoms with Gasteiger partial charge in [0, 0.05) is 38.4 Å². The van der Waals surface area contributed by atoms with Gasteiger partial charge in [0.1, 0.15) is 12.7 Å². The van der Waals surface area contributed by atoms with Gasteiger partial charge in [0.2, 0.25) is 5.91 Å². The number of hydrogen-bond acceptors (Lipinski definition) is 6. The van der Waals surface area contributed by atoms with E-state index in [2.05, 4.69) is 10.2 Å². The second-order valence-electron chi connectivity index (χ2n) is 7.87. The van der Waals surface area contributed by atoms with Crippen molar-refractivity contribution >= 4 is 11.6 Å². The van der Waals surface area contributed by atoms with Crippen LogP contribution in [0.15, 0.2) is 42.5 Å². The number of methoxy groups -OCH3 is 1. The third-order valence-corrected chi connectivity index (χ3v) is 5.45. The number of aliphatic hydroxyl groups is 1. The molecule has 7 nitrogen and oxygen atoms in total. The topological polar surface area (TPSA) is 74.3 Å². The summed E-state index contributed by atoms with van der Waals surface area (Å²) >= 11 is 0. The lowest BCUT2D eigenvalue weighted by Gasteiger charge is -2.35. The average Bonchev–Trinajstić information content (AvgIpc) is 2.76. The lowest BCUT2D eigenvalue weighted by molar-refractivity contribution is -0.117. The molecule has 0 spiro atoms. The van der Waals surface area contributed by atoms with Crippen LogP contribution in [-0.4, -0.2) is 79.9 Å². The van der Waals surface area contributed by atoms with Gasteiger partial charge in [0.25, 0.3) is 0 Å². The summed E-state index contributed by atoms with van der Waals surface area (Å²) in [4.78, 5) is 16.6. The quantitative estimate of drug-likeness (QED) is 0.639. The van der Waals surface area contributed by atoms with Crippen LogP contribution in [0.3, 0.4) is 0 Å². The predicted molar refractivity (Wildman–Crippen MR) is 122 cm³/mol. The maximum atomic E-state index is 12.5. The number of aryl methyl sites for hydroxylation is 2. The summed E-state index contributed by atoms with van der Waals surface area (Å²) in [5.74, 6) is 1.04. The van der Waals surface area contributed by atoms with Crippen LogP contribution in [0.5, 0.6) is 11.5 Å². The molecule has 1 atom stereocenters. The molecule has 2 aromatic carbocycles. The van der Waals surface area contributed by atoms with E-state index in [1.165, 1.54) is 0 Å². The Labute approximate surface area is 186 Å². The molecule has 31 heavy (non-hydrogen) atoms. The number of ether oxygens (including phenoxy) is 2. The Kier molecular flexibility index (Phi) is 7.76. The SMILES string of the molecule is [2H]C(O)(COc1ccccc1OC)CN1CCN(CC(=O)Nc2c(C)cccc2C)CC1. The minimum absolute atomic E-state index is 0.0296. The third kappa shape index (κ3) is 6.69. The Hall–Kier alpha value is -2.61. The Morgan fingerprint density at radius 1 is 1.06 bits per heavy atom. The van der Waals surface area contributed by atoms with E-state index >= 15 is 0 Å². The van der Waals surface area contributed by atoms with Gasteiger partial charge in [-0.2, -0.15) is 0 Å². The standard InChI is InChI=1S/C24H33N3O4/c1-18-7-6-8-19(2)24(18)25-23(29)16-27-13-11-26(12-14-27)15-20(28)17-31-22-10-5-4-9-21(22)30-3/h4-10,20,28H,11-17H2,1-3H3,(H,25,29)/i20D. The monoisotopic (exact) mass is 428 g/mol. The molecule has 1 amide bonds. The van der Waals surface area contributed by atoms with Crippen LogP contribution in [0.4, 0.5) is 5.69 Å². The summed E-state index contributed by atoms with van der Waals surface area (Å²) in [5.41, 5.74) is 2.98. The summed E-state index contributed by atoms with van der Waals surface area (Å²) in [6.07, 6.45) is -1.75. The zero-order valence-corrected chi connectivity index (χ0v) is 18.6. The van der Waals surface area contributed by atoms with Crippen molar-refractivity contribution in [3.05, 3.63) is 53.6 Å². The van der Waals surface area contributed by atoms with Gasteiger partial charge in [-0.3, -0.25) is 14.6 Å². The molecule has 0 saturated carbocycles. The maximum Gasteiger partial charge on any atom is 0.238 e. The second-order valence-corrected chi connectivity index (χ2v) is 7.87. The smallest absolute Gasteiger partial charge is 0.238 e. The van der Waals surface area contributed by atoms with Crippen LogP contribution in [-0.2, 0) is 4.79 Å². The van der Waals surface area contributed by atoms with Crippen molar-refractivity contribution in [1.82, 2.24) is 9.80 Å². The van der Waals surface area contributed by atoms with E-state index < -0.39 is 6.08 Å². The van der Waals surface area contributed by atoms with Crippen LogP contribution < -0.4 is 14.8 Å². The number of benzene rings is 2. The van der Waals surface area contributed by atoms with Crippen molar-refractivity contribution in [3.63, 3.8) is 0 Å². The average molecular weight is 429 g/mol. The van der Waals surface area contributed by atoms with E-state index in [0.29, 0.717) is 44.2 Å². The highest BCUT2D eigenvalue weighted by molar-refractivity contribution is 5.93. The van der Waals surface area contributed by atoms with Crippen molar-refractivity contribution in [2.45, 2.75) is 19.9 Å². The molecule has 2 aromatic rings. The highest BCUT2D eigenvalue weighted by Gasteiger charge is 2.21. The Balaban J connectivity index is 1.43. The van der Waals surface area contributed by atoms with E-state index in [4.69, 9.17) is 10.8 Å². The Morgan fingerprint density at radius 3 is 2.32 bits per heavy atom. The molecule has 1 aliphatic heterocycles. The van der Waals surface area contributed by atoms with Gasteiger partial charge in [-0.1, -0.05) is 30.3 Å². The van der Waals surface area contributed by atoms with Gasteiger partial charge >= 0.3 is 0 Å². The fourth-order valence-corrected chi connectivity index (χ4v) is 3.70. The van der Waals surface area contributed by atoms with Gasteiger partial charge in [0.15, 0.2) is 11.5 Å². The number of nitrogens with zero attached hydrogens (tertiary/aromatic N) is 2. The molecule has 168 valence electrons. The van der Waals surface area contributed by atoms with Gasteiger partial charge in [0.05, 0.1) is 15.0 Å².